The van der Waals surface area contributed by atoms with Crippen LogP contribution in [0.15, 0.2) is 0 Å². The van der Waals surface area contributed by atoms with Crippen molar-refractivity contribution in [1.29, 1.82) is 0 Å². The molecular weight excluding hydrogens is 222 g/mol. The monoisotopic (exact) mass is 253 g/mol. The molecule has 0 aromatic rings. The number of hydrogen-bond acceptors (Lipinski definition) is 3. The summed E-state index contributed by atoms with van der Waals surface area (Å²) in [6.07, 6.45) is 8.49. The fourth-order valence-corrected chi connectivity index (χ4v) is 3.24. The molecule has 3 nitrogen and oxygen atoms in total. The van der Waals surface area contributed by atoms with Gasteiger partial charge in [-0.25, -0.2) is 0 Å². The van der Waals surface area contributed by atoms with E-state index < -0.39 is 0 Å². The highest BCUT2D eigenvalue weighted by Crippen LogP contribution is 2.17. The van der Waals surface area contributed by atoms with Gasteiger partial charge in [0.15, 0.2) is 0 Å². The van der Waals surface area contributed by atoms with Crippen LogP contribution in [0, 0.1) is 0 Å². The summed E-state index contributed by atoms with van der Waals surface area (Å²) in [5.41, 5.74) is 0. The maximum atomic E-state index is 3.74. The fraction of sp³-hybridized carbons (Fsp3) is 1.00. The molecule has 2 aliphatic rings. The maximum absolute atomic E-state index is 3.74. The zero-order chi connectivity index (χ0) is 12.6. The van der Waals surface area contributed by atoms with Crippen molar-refractivity contribution in [1.82, 2.24) is 15.1 Å². The number of nitrogens with one attached hydrogen (secondary N) is 1. The molecule has 1 aliphatic carbocycles. The van der Waals surface area contributed by atoms with E-state index in [0.717, 1.165) is 6.04 Å². The lowest BCUT2D eigenvalue weighted by Crippen LogP contribution is -2.46. The number of nitrogens with zero attached hydrogens (tertiary/aromatic N) is 2. The highest BCUT2D eigenvalue weighted by atomic mass is 15.3. The van der Waals surface area contributed by atoms with Crippen LogP contribution in [0.2, 0.25) is 0 Å². The molecule has 1 aliphatic heterocycles. The van der Waals surface area contributed by atoms with Gasteiger partial charge in [0.05, 0.1) is 0 Å². The molecule has 1 saturated carbocycles. The Labute approximate surface area is 113 Å². The fourth-order valence-electron chi connectivity index (χ4n) is 3.24. The van der Waals surface area contributed by atoms with Gasteiger partial charge in [-0.15, -0.1) is 0 Å². The van der Waals surface area contributed by atoms with E-state index in [-0.39, 0.29) is 0 Å². The molecule has 0 aromatic carbocycles. The van der Waals surface area contributed by atoms with Crippen molar-refractivity contribution in [2.45, 2.75) is 51.5 Å². The predicted molar refractivity (Wildman–Crippen MR) is 78.0 cm³/mol. The first kappa shape index (κ1) is 14.3. The lowest BCUT2D eigenvalue weighted by atomic mass is 9.95. The molecular formula is C15H31N3. The highest BCUT2D eigenvalue weighted by molar-refractivity contribution is 4.73. The summed E-state index contributed by atoms with van der Waals surface area (Å²) >= 11 is 0. The second-order valence-electron chi connectivity index (χ2n) is 5.92. The first-order chi connectivity index (χ1) is 8.88. The van der Waals surface area contributed by atoms with Crippen LogP contribution in [0.4, 0.5) is 0 Å². The van der Waals surface area contributed by atoms with E-state index in [1.165, 1.54) is 84.3 Å². The average Bonchev–Trinajstić information content (AvgIpc) is 2.45. The largest absolute Gasteiger partial charge is 0.314 e. The molecule has 0 bridgehead atoms. The number of likely N-dealkylation sites (N-methyl/N-ethyl adjacent to an activating group) is 1. The molecule has 2 fully saturated rings. The Kier molecular flexibility index (Phi) is 6.46. The zero-order valence-electron chi connectivity index (χ0n) is 12.2. The smallest absolute Gasteiger partial charge is 0.0110 e. The minimum Gasteiger partial charge on any atom is -0.314 e. The molecule has 0 aromatic heterocycles. The van der Waals surface area contributed by atoms with E-state index in [2.05, 4.69) is 22.0 Å². The van der Waals surface area contributed by atoms with E-state index in [1.54, 1.807) is 0 Å². The third kappa shape index (κ3) is 4.87. The van der Waals surface area contributed by atoms with E-state index in [1.807, 2.05) is 0 Å². The minimum absolute atomic E-state index is 0.829. The topological polar surface area (TPSA) is 18.5 Å². The summed E-state index contributed by atoms with van der Waals surface area (Å²) in [6.45, 7) is 11.1. The molecule has 106 valence electrons. The number of piperazine rings is 1. The van der Waals surface area contributed by atoms with Crippen molar-refractivity contribution in [2.75, 3.05) is 45.8 Å². The molecule has 3 heteroatoms. The first-order valence-electron chi connectivity index (χ1n) is 8.06. The van der Waals surface area contributed by atoms with Crippen LogP contribution in [0.3, 0.4) is 0 Å². The third-order valence-electron chi connectivity index (χ3n) is 4.60. The standard InChI is InChI=1S/C15H31N3/c1-2-17-11-13-18(14-12-17)10-6-9-16-15-7-4-3-5-8-15/h15-16H,2-14H2,1H3. The van der Waals surface area contributed by atoms with Gasteiger partial charge >= 0.3 is 0 Å². The third-order valence-corrected chi connectivity index (χ3v) is 4.60. The Morgan fingerprint density at radius 2 is 1.61 bits per heavy atom. The molecule has 0 spiro atoms. The quantitative estimate of drug-likeness (QED) is 0.730. The van der Waals surface area contributed by atoms with Crippen LogP contribution >= 0.6 is 0 Å². The SMILES string of the molecule is CCN1CCN(CCCNC2CCCCC2)CC1. The molecule has 0 amide bonds. The maximum Gasteiger partial charge on any atom is 0.0110 e. The van der Waals surface area contributed by atoms with E-state index in [4.69, 9.17) is 0 Å². The summed E-state index contributed by atoms with van der Waals surface area (Å²) < 4.78 is 0. The Morgan fingerprint density at radius 1 is 0.944 bits per heavy atom. The van der Waals surface area contributed by atoms with Crippen molar-refractivity contribution < 1.29 is 0 Å². The van der Waals surface area contributed by atoms with Crippen molar-refractivity contribution >= 4 is 0 Å². The summed E-state index contributed by atoms with van der Waals surface area (Å²) in [7, 11) is 0. The molecule has 1 saturated heterocycles. The Balaban J connectivity index is 1.48. The van der Waals surface area contributed by atoms with Gasteiger partial charge in [0.1, 0.15) is 0 Å². The van der Waals surface area contributed by atoms with Crippen LogP contribution < -0.4 is 5.32 Å². The second-order valence-corrected chi connectivity index (χ2v) is 5.92. The van der Waals surface area contributed by atoms with Crippen LogP contribution in [-0.4, -0.2) is 61.7 Å². The van der Waals surface area contributed by atoms with Gasteiger partial charge in [-0.05, 0) is 38.9 Å². The van der Waals surface area contributed by atoms with Gasteiger partial charge in [0, 0.05) is 32.2 Å². The molecule has 1 N–H and O–H groups in total. The molecule has 18 heavy (non-hydrogen) atoms. The van der Waals surface area contributed by atoms with Crippen LogP contribution in [-0.2, 0) is 0 Å². The second kappa shape index (κ2) is 8.13. The van der Waals surface area contributed by atoms with Crippen LogP contribution in [0.1, 0.15) is 45.4 Å². The Hall–Kier alpha value is -0.120. The summed E-state index contributed by atoms with van der Waals surface area (Å²) in [4.78, 5) is 5.19. The number of hydrogen-bond donors (Lipinski definition) is 1. The predicted octanol–water partition coefficient (Wildman–Crippen LogP) is 1.94. The van der Waals surface area contributed by atoms with Crippen LogP contribution in [0.25, 0.3) is 0 Å². The first-order valence-corrected chi connectivity index (χ1v) is 8.06. The molecule has 0 unspecified atom stereocenters. The molecule has 0 atom stereocenters. The van der Waals surface area contributed by atoms with Crippen molar-refractivity contribution in [3.05, 3.63) is 0 Å². The van der Waals surface area contributed by atoms with Gasteiger partial charge < -0.3 is 15.1 Å². The van der Waals surface area contributed by atoms with E-state index >= 15 is 0 Å². The van der Waals surface area contributed by atoms with Gasteiger partial charge in [0.2, 0.25) is 0 Å². The molecule has 0 radical (unpaired) electrons. The minimum atomic E-state index is 0.829. The normalized spacial score (nSPS) is 24.5. The Bertz CT molecular complexity index is 206. The zero-order valence-corrected chi connectivity index (χ0v) is 12.2. The van der Waals surface area contributed by atoms with Crippen molar-refractivity contribution in [3.63, 3.8) is 0 Å². The molecule has 2 rings (SSSR count). The average molecular weight is 253 g/mol. The van der Waals surface area contributed by atoms with Gasteiger partial charge in [-0.2, -0.15) is 0 Å². The van der Waals surface area contributed by atoms with Gasteiger partial charge in [-0.1, -0.05) is 26.2 Å². The van der Waals surface area contributed by atoms with Crippen molar-refractivity contribution in [2.24, 2.45) is 0 Å². The Morgan fingerprint density at radius 3 is 2.28 bits per heavy atom. The lowest BCUT2D eigenvalue weighted by Gasteiger charge is -2.34. The van der Waals surface area contributed by atoms with E-state index in [0.29, 0.717) is 0 Å². The molecule has 1 heterocycles. The number of rotatable bonds is 6. The summed E-state index contributed by atoms with van der Waals surface area (Å²) in [5.74, 6) is 0. The van der Waals surface area contributed by atoms with Gasteiger partial charge in [-0.3, -0.25) is 0 Å². The van der Waals surface area contributed by atoms with E-state index in [9.17, 15) is 0 Å². The highest BCUT2D eigenvalue weighted by Gasteiger charge is 2.15. The summed E-state index contributed by atoms with van der Waals surface area (Å²) in [6, 6.07) is 0.829. The van der Waals surface area contributed by atoms with Gasteiger partial charge in [0.25, 0.3) is 0 Å². The van der Waals surface area contributed by atoms with Crippen LogP contribution in [0.5, 0.6) is 0 Å². The summed E-state index contributed by atoms with van der Waals surface area (Å²) in [5, 5.41) is 3.74. The lowest BCUT2D eigenvalue weighted by molar-refractivity contribution is 0.136. The van der Waals surface area contributed by atoms with Crippen molar-refractivity contribution in [3.8, 4) is 0 Å².